The Kier molecular flexibility index (Phi) is 1.95. The molecule has 0 saturated carbocycles. The van der Waals surface area contributed by atoms with Gasteiger partial charge in [-0.05, 0) is 24.1 Å². The first-order chi connectivity index (χ1) is 7.43. The fourth-order valence-corrected chi connectivity index (χ4v) is 1.97. The molecule has 0 aromatic heterocycles. The van der Waals surface area contributed by atoms with Crippen LogP contribution in [0.25, 0.3) is 6.08 Å². The van der Waals surface area contributed by atoms with Gasteiger partial charge >= 0.3 is 0 Å². The molecule has 15 heavy (non-hydrogen) atoms. The quantitative estimate of drug-likeness (QED) is 0.669. The summed E-state index contributed by atoms with van der Waals surface area (Å²) in [7, 11) is 0. The minimum Gasteiger partial charge on any atom is -0.481 e. The molecule has 0 fully saturated rings. The number of ether oxygens (including phenoxy) is 1. The Morgan fingerprint density at radius 2 is 2.13 bits per heavy atom. The molecule has 2 aliphatic rings. The minimum atomic E-state index is 0.120. The summed E-state index contributed by atoms with van der Waals surface area (Å²) >= 11 is 0. The third-order valence-corrected chi connectivity index (χ3v) is 2.79. The SMILES string of the molecule is C1=CCC(C2C=Cc3ccccc3O2)=C1. The molecule has 1 heterocycles. The van der Waals surface area contributed by atoms with Crippen molar-refractivity contribution < 1.29 is 4.74 Å². The first-order valence-electron chi connectivity index (χ1n) is 5.23. The monoisotopic (exact) mass is 196 g/mol. The highest BCUT2D eigenvalue weighted by Gasteiger charge is 2.18. The molecule has 1 nitrogen and oxygen atoms in total. The number of allylic oxidation sites excluding steroid dienone is 3. The average molecular weight is 196 g/mol. The van der Waals surface area contributed by atoms with Crippen LogP contribution in [0.3, 0.4) is 0 Å². The second-order valence-electron chi connectivity index (χ2n) is 3.81. The van der Waals surface area contributed by atoms with Gasteiger partial charge in [0.1, 0.15) is 11.9 Å². The molecule has 1 aromatic rings. The second kappa shape index (κ2) is 3.43. The van der Waals surface area contributed by atoms with Gasteiger partial charge in [-0.1, -0.05) is 42.5 Å². The lowest BCUT2D eigenvalue weighted by Crippen LogP contribution is -2.18. The van der Waals surface area contributed by atoms with Crippen molar-refractivity contribution in [3.05, 3.63) is 59.7 Å². The van der Waals surface area contributed by atoms with Crippen LogP contribution in [0.1, 0.15) is 12.0 Å². The number of fused-ring (bicyclic) bond motifs is 1. The second-order valence-corrected chi connectivity index (χ2v) is 3.81. The van der Waals surface area contributed by atoms with E-state index in [4.69, 9.17) is 4.74 Å². The van der Waals surface area contributed by atoms with Crippen molar-refractivity contribution in [1.29, 1.82) is 0 Å². The Bertz CT molecular complexity index is 466. The lowest BCUT2D eigenvalue weighted by molar-refractivity contribution is 0.278. The first-order valence-corrected chi connectivity index (χ1v) is 5.23. The molecule has 1 aliphatic carbocycles. The van der Waals surface area contributed by atoms with Gasteiger partial charge in [0.15, 0.2) is 0 Å². The van der Waals surface area contributed by atoms with E-state index in [0.29, 0.717) is 0 Å². The third kappa shape index (κ3) is 1.50. The van der Waals surface area contributed by atoms with Crippen LogP contribution >= 0.6 is 0 Å². The number of rotatable bonds is 1. The summed E-state index contributed by atoms with van der Waals surface area (Å²) in [6.45, 7) is 0. The molecular weight excluding hydrogens is 184 g/mol. The maximum absolute atomic E-state index is 5.92. The molecule has 0 spiro atoms. The minimum absolute atomic E-state index is 0.120. The van der Waals surface area contributed by atoms with Crippen molar-refractivity contribution in [2.75, 3.05) is 0 Å². The normalized spacial score (nSPS) is 22.1. The lowest BCUT2D eigenvalue weighted by Gasteiger charge is -2.22. The number of para-hydroxylation sites is 1. The van der Waals surface area contributed by atoms with E-state index in [0.717, 1.165) is 12.2 Å². The maximum Gasteiger partial charge on any atom is 0.139 e. The van der Waals surface area contributed by atoms with Gasteiger partial charge in [-0.3, -0.25) is 0 Å². The standard InChI is InChI=1S/C14H12O/c1-2-6-11(5-1)14-10-9-12-7-3-4-8-13(12)15-14/h1-5,7-10,14H,6H2. The smallest absolute Gasteiger partial charge is 0.139 e. The first kappa shape index (κ1) is 8.54. The molecule has 1 aromatic carbocycles. The fourth-order valence-electron chi connectivity index (χ4n) is 1.97. The Hall–Kier alpha value is -1.76. The van der Waals surface area contributed by atoms with Crippen molar-refractivity contribution in [1.82, 2.24) is 0 Å². The van der Waals surface area contributed by atoms with Crippen LogP contribution in [0.15, 0.2) is 54.1 Å². The molecule has 3 rings (SSSR count). The predicted octanol–water partition coefficient (Wildman–Crippen LogP) is 3.35. The summed E-state index contributed by atoms with van der Waals surface area (Å²) in [5.41, 5.74) is 2.50. The molecule has 1 atom stereocenters. The van der Waals surface area contributed by atoms with Crippen LogP contribution in [-0.2, 0) is 0 Å². The summed E-state index contributed by atoms with van der Waals surface area (Å²) in [4.78, 5) is 0. The zero-order valence-corrected chi connectivity index (χ0v) is 8.39. The van der Waals surface area contributed by atoms with Gasteiger partial charge < -0.3 is 4.74 Å². The zero-order chi connectivity index (χ0) is 10.1. The Labute approximate surface area is 89.4 Å². The maximum atomic E-state index is 5.92. The molecule has 0 saturated heterocycles. The van der Waals surface area contributed by atoms with Crippen molar-refractivity contribution in [2.45, 2.75) is 12.5 Å². The van der Waals surface area contributed by atoms with Gasteiger partial charge in [-0.15, -0.1) is 0 Å². The molecule has 0 bridgehead atoms. The topological polar surface area (TPSA) is 9.23 Å². The van der Waals surface area contributed by atoms with E-state index in [1.54, 1.807) is 0 Å². The Balaban J connectivity index is 1.89. The van der Waals surface area contributed by atoms with Crippen molar-refractivity contribution in [3.63, 3.8) is 0 Å². The molecule has 0 radical (unpaired) electrons. The van der Waals surface area contributed by atoms with Crippen molar-refractivity contribution in [3.8, 4) is 5.75 Å². The third-order valence-electron chi connectivity index (χ3n) is 2.79. The summed E-state index contributed by atoms with van der Waals surface area (Å²) in [6.07, 6.45) is 11.8. The van der Waals surface area contributed by atoms with Crippen LogP contribution in [0, 0.1) is 0 Å². The Morgan fingerprint density at radius 3 is 3.00 bits per heavy atom. The van der Waals surface area contributed by atoms with Crippen LogP contribution in [0.5, 0.6) is 5.75 Å². The Morgan fingerprint density at radius 1 is 1.20 bits per heavy atom. The lowest BCUT2D eigenvalue weighted by atomic mass is 10.0. The number of benzene rings is 1. The van der Waals surface area contributed by atoms with Gasteiger partial charge in [0.25, 0.3) is 0 Å². The number of hydrogen-bond donors (Lipinski definition) is 0. The van der Waals surface area contributed by atoms with Crippen LogP contribution in [0.2, 0.25) is 0 Å². The van der Waals surface area contributed by atoms with E-state index in [2.05, 4.69) is 36.4 Å². The molecule has 1 aliphatic heterocycles. The van der Waals surface area contributed by atoms with Crippen molar-refractivity contribution in [2.24, 2.45) is 0 Å². The highest BCUT2D eigenvalue weighted by molar-refractivity contribution is 5.61. The van der Waals surface area contributed by atoms with Crippen LogP contribution in [-0.4, -0.2) is 6.10 Å². The molecule has 74 valence electrons. The van der Waals surface area contributed by atoms with Crippen molar-refractivity contribution >= 4 is 6.08 Å². The molecule has 1 heteroatoms. The van der Waals surface area contributed by atoms with E-state index in [9.17, 15) is 0 Å². The van der Waals surface area contributed by atoms with E-state index in [-0.39, 0.29) is 6.10 Å². The predicted molar refractivity (Wildman–Crippen MR) is 61.7 cm³/mol. The van der Waals surface area contributed by atoms with E-state index < -0.39 is 0 Å². The van der Waals surface area contributed by atoms with Gasteiger partial charge in [-0.2, -0.15) is 0 Å². The summed E-state index contributed by atoms with van der Waals surface area (Å²) in [6, 6.07) is 8.14. The van der Waals surface area contributed by atoms with E-state index in [1.165, 1.54) is 11.1 Å². The zero-order valence-electron chi connectivity index (χ0n) is 8.39. The van der Waals surface area contributed by atoms with Gasteiger partial charge in [0.2, 0.25) is 0 Å². The van der Waals surface area contributed by atoms with Gasteiger partial charge in [-0.25, -0.2) is 0 Å². The summed E-state index contributed by atoms with van der Waals surface area (Å²) < 4.78 is 5.92. The summed E-state index contributed by atoms with van der Waals surface area (Å²) in [5, 5.41) is 0. The van der Waals surface area contributed by atoms with Crippen LogP contribution in [0.4, 0.5) is 0 Å². The number of hydrogen-bond acceptors (Lipinski definition) is 1. The molecular formula is C14H12O. The average Bonchev–Trinajstić information content (AvgIpc) is 2.82. The van der Waals surface area contributed by atoms with E-state index in [1.807, 2.05) is 18.2 Å². The fraction of sp³-hybridized carbons (Fsp3) is 0.143. The van der Waals surface area contributed by atoms with Gasteiger partial charge in [0.05, 0.1) is 0 Å². The molecule has 1 unspecified atom stereocenters. The highest BCUT2D eigenvalue weighted by atomic mass is 16.5. The van der Waals surface area contributed by atoms with Crippen LogP contribution < -0.4 is 4.74 Å². The largest absolute Gasteiger partial charge is 0.481 e. The summed E-state index contributed by atoms with van der Waals surface area (Å²) in [5.74, 6) is 0.984. The highest BCUT2D eigenvalue weighted by Crippen LogP contribution is 2.29. The van der Waals surface area contributed by atoms with Gasteiger partial charge in [0, 0.05) is 5.56 Å². The molecule has 0 N–H and O–H groups in total. The van der Waals surface area contributed by atoms with E-state index >= 15 is 0 Å². The molecule has 0 amide bonds.